The molecule has 0 aliphatic carbocycles. The fraction of sp³-hybridized carbons (Fsp3) is 0. The van der Waals surface area contributed by atoms with Gasteiger partial charge in [0.25, 0.3) is 0 Å². The lowest BCUT2D eigenvalue weighted by Crippen LogP contribution is -2.09. The predicted octanol–water partition coefficient (Wildman–Crippen LogP) is 7.05. The monoisotopic (exact) mass is 366 g/mol. The molecule has 0 aromatic heterocycles. The Hall–Kier alpha value is -3.72. The highest BCUT2D eigenvalue weighted by Crippen LogP contribution is 2.33. The summed E-state index contributed by atoms with van der Waals surface area (Å²) < 4.78 is 13.3. The largest absolute Gasteiger partial charge is 0.311 e. The molecule has 4 aromatic rings. The lowest BCUT2D eigenvalue weighted by atomic mass is 10.1. The number of nitrogens with zero attached hydrogens (tertiary/aromatic N) is 2. The molecule has 0 saturated carbocycles. The number of benzene rings is 4. The van der Waals surface area contributed by atoms with E-state index in [0.717, 1.165) is 22.6 Å². The van der Waals surface area contributed by atoms with Crippen LogP contribution in [0.5, 0.6) is 0 Å². The molecule has 0 radical (unpaired) electrons. The highest BCUT2D eigenvalue weighted by Gasteiger charge is 2.11. The van der Waals surface area contributed by atoms with Gasteiger partial charge < -0.3 is 4.90 Å². The summed E-state index contributed by atoms with van der Waals surface area (Å²) in [7, 11) is 0. The highest BCUT2D eigenvalue weighted by molar-refractivity contribution is 5.84. The van der Waals surface area contributed by atoms with E-state index in [0.29, 0.717) is 5.69 Å². The third kappa shape index (κ3) is 4.15. The van der Waals surface area contributed by atoms with Crippen molar-refractivity contribution in [3.8, 4) is 0 Å². The van der Waals surface area contributed by atoms with Gasteiger partial charge in [-0.05, 0) is 60.2 Å². The molecule has 0 fully saturated rings. The molecular formula is C25H19FN2. The van der Waals surface area contributed by atoms with Crippen molar-refractivity contribution in [1.82, 2.24) is 0 Å². The van der Waals surface area contributed by atoms with Crippen molar-refractivity contribution < 1.29 is 4.39 Å². The predicted molar refractivity (Wildman–Crippen MR) is 115 cm³/mol. The first kappa shape index (κ1) is 17.7. The van der Waals surface area contributed by atoms with Crippen LogP contribution >= 0.6 is 0 Å². The second-order valence-electron chi connectivity index (χ2n) is 6.34. The fourth-order valence-corrected chi connectivity index (χ4v) is 3.02. The Morgan fingerprint density at radius 3 is 1.75 bits per heavy atom. The van der Waals surface area contributed by atoms with E-state index in [9.17, 15) is 4.39 Å². The number of hydrogen-bond donors (Lipinski definition) is 0. The van der Waals surface area contributed by atoms with Gasteiger partial charge in [0.05, 0.1) is 5.69 Å². The van der Waals surface area contributed by atoms with Crippen LogP contribution in [-0.4, -0.2) is 6.21 Å². The average molecular weight is 366 g/mol. The summed E-state index contributed by atoms with van der Waals surface area (Å²) in [6.07, 6.45) is 1.74. The van der Waals surface area contributed by atoms with E-state index in [2.05, 4.69) is 46.3 Å². The van der Waals surface area contributed by atoms with Crippen molar-refractivity contribution in [3.63, 3.8) is 0 Å². The zero-order chi connectivity index (χ0) is 19.2. The van der Waals surface area contributed by atoms with Crippen molar-refractivity contribution >= 4 is 29.0 Å². The van der Waals surface area contributed by atoms with Crippen LogP contribution in [0.25, 0.3) is 0 Å². The minimum Gasteiger partial charge on any atom is -0.311 e. The minimum absolute atomic E-state index is 0.286. The topological polar surface area (TPSA) is 15.6 Å². The maximum absolute atomic E-state index is 13.3. The molecule has 0 amide bonds. The SMILES string of the molecule is Fc1cccc(N=Cc2ccc(N(c3ccccc3)c3ccccc3)cc2)c1. The van der Waals surface area contributed by atoms with E-state index in [1.54, 1.807) is 18.3 Å². The van der Waals surface area contributed by atoms with Crippen molar-refractivity contribution in [1.29, 1.82) is 0 Å². The summed E-state index contributed by atoms with van der Waals surface area (Å²) in [4.78, 5) is 6.55. The summed E-state index contributed by atoms with van der Waals surface area (Å²) in [6, 6.07) is 34.9. The molecule has 136 valence electrons. The molecule has 0 atom stereocenters. The Morgan fingerprint density at radius 1 is 0.607 bits per heavy atom. The first-order valence-electron chi connectivity index (χ1n) is 9.09. The van der Waals surface area contributed by atoms with E-state index in [1.807, 2.05) is 48.5 Å². The van der Waals surface area contributed by atoms with Crippen molar-refractivity contribution in [3.05, 3.63) is 121 Å². The maximum atomic E-state index is 13.3. The van der Waals surface area contributed by atoms with E-state index < -0.39 is 0 Å². The van der Waals surface area contributed by atoms with Crippen LogP contribution in [0, 0.1) is 5.82 Å². The first-order valence-corrected chi connectivity index (χ1v) is 9.09. The Kier molecular flexibility index (Phi) is 5.25. The molecule has 2 nitrogen and oxygen atoms in total. The van der Waals surface area contributed by atoms with E-state index in [1.165, 1.54) is 12.1 Å². The summed E-state index contributed by atoms with van der Waals surface area (Å²) >= 11 is 0. The summed E-state index contributed by atoms with van der Waals surface area (Å²) in [5, 5.41) is 0. The maximum Gasteiger partial charge on any atom is 0.125 e. The normalized spacial score (nSPS) is 10.9. The smallest absolute Gasteiger partial charge is 0.125 e. The Bertz CT molecular complexity index is 1020. The Labute approximate surface area is 164 Å². The van der Waals surface area contributed by atoms with Gasteiger partial charge in [0.1, 0.15) is 5.82 Å². The van der Waals surface area contributed by atoms with E-state index >= 15 is 0 Å². The molecule has 0 bridgehead atoms. The zero-order valence-electron chi connectivity index (χ0n) is 15.2. The number of anilines is 3. The third-order valence-electron chi connectivity index (χ3n) is 4.35. The molecule has 0 heterocycles. The van der Waals surface area contributed by atoms with E-state index in [-0.39, 0.29) is 5.82 Å². The zero-order valence-corrected chi connectivity index (χ0v) is 15.2. The average Bonchev–Trinajstić information content (AvgIpc) is 2.75. The van der Waals surface area contributed by atoms with Gasteiger partial charge in [0.2, 0.25) is 0 Å². The highest BCUT2D eigenvalue weighted by atomic mass is 19.1. The quantitative estimate of drug-likeness (QED) is 0.346. The van der Waals surface area contributed by atoms with Crippen LogP contribution in [0.15, 0.2) is 114 Å². The van der Waals surface area contributed by atoms with Crippen molar-refractivity contribution in [2.75, 3.05) is 4.90 Å². The van der Waals surface area contributed by atoms with Crippen LogP contribution in [0.3, 0.4) is 0 Å². The summed E-state index contributed by atoms with van der Waals surface area (Å²) in [5.41, 5.74) is 4.79. The van der Waals surface area contributed by atoms with Gasteiger partial charge in [0.15, 0.2) is 0 Å². The molecule has 4 rings (SSSR count). The van der Waals surface area contributed by atoms with Crippen LogP contribution in [0.1, 0.15) is 5.56 Å². The van der Waals surface area contributed by atoms with Crippen molar-refractivity contribution in [2.24, 2.45) is 4.99 Å². The molecule has 4 aromatic carbocycles. The second-order valence-corrected chi connectivity index (χ2v) is 6.34. The number of halogens is 1. The van der Waals surface area contributed by atoms with Gasteiger partial charge in [-0.15, -0.1) is 0 Å². The van der Waals surface area contributed by atoms with Gasteiger partial charge in [-0.3, -0.25) is 4.99 Å². The Morgan fingerprint density at radius 2 is 1.18 bits per heavy atom. The molecule has 28 heavy (non-hydrogen) atoms. The van der Waals surface area contributed by atoms with Crippen molar-refractivity contribution in [2.45, 2.75) is 0 Å². The molecule has 0 aliphatic heterocycles. The Balaban J connectivity index is 1.63. The lowest BCUT2D eigenvalue weighted by molar-refractivity contribution is 0.628. The molecule has 0 saturated heterocycles. The van der Waals surface area contributed by atoms with Gasteiger partial charge in [-0.2, -0.15) is 0 Å². The third-order valence-corrected chi connectivity index (χ3v) is 4.35. The summed E-state index contributed by atoms with van der Waals surface area (Å²) in [5.74, 6) is -0.286. The number of rotatable bonds is 5. The van der Waals surface area contributed by atoms with Gasteiger partial charge in [-0.1, -0.05) is 54.6 Å². The fourth-order valence-electron chi connectivity index (χ4n) is 3.02. The molecule has 0 N–H and O–H groups in total. The van der Waals surface area contributed by atoms with Gasteiger partial charge in [-0.25, -0.2) is 4.39 Å². The molecule has 0 spiro atoms. The van der Waals surface area contributed by atoms with Crippen LogP contribution in [0.4, 0.5) is 27.1 Å². The van der Waals surface area contributed by atoms with E-state index in [4.69, 9.17) is 0 Å². The summed E-state index contributed by atoms with van der Waals surface area (Å²) in [6.45, 7) is 0. The number of para-hydroxylation sites is 2. The molecule has 0 aliphatic rings. The van der Waals surface area contributed by atoms with Gasteiger partial charge in [0, 0.05) is 23.3 Å². The standard InChI is InChI=1S/C25H19FN2/c26-21-8-7-9-22(18-21)27-19-20-14-16-25(17-15-20)28(23-10-3-1-4-11-23)24-12-5-2-6-13-24/h1-19H. The van der Waals surface area contributed by atoms with Gasteiger partial charge >= 0.3 is 0 Å². The van der Waals surface area contributed by atoms with Crippen LogP contribution in [0.2, 0.25) is 0 Å². The number of aliphatic imine (C=N–C) groups is 1. The second kappa shape index (κ2) is 8.31. The first-order chi connectivity index (χ1) is 13.8. The van der Waals surface area contributed by atoms with Crippen LogP contribution < -0.4 is 4.90 Å². The molecule has 3 heteroatoms. The molecular weight excluding hydrogens is 347 g/mol. The molecule has 0 unspecified atom stereocenters. The number of hydrogen-bond acceptors (Lipinski definition) is 2. The van der Waals surface area contributed by atoms with Crippen LogP contribution in [-0.2, 0) is 0 Å². The minimum atomic E-state index is -0.286. The lowest BCUT2D eigenvalue weighted by Gasteiger charge is -2.25.